The average Bonchev–Trinajstić information content (AvgIpc) is 2.95. The van der Waals surface area contributed by atoms with E-state index in [9.17, 15) is 25.5 Å². The van der Waals surface area contributed by atoms with Gasteiger partial charge in [-0.05, 0) is 34.2 Å². The van der Waals surface area contributed by atoms with Crippen molar-refractivity contribution in [2.45, 2.75) is 30.3 Å². The molecule has 30 heavy (non-hydrogen) atoms. The SMILES string of the molecule is [Na+].[O-]c1ccc(Cc2cc3cccccc-3c2)cc1[C@@]1(O)[C@H](O)[C@@H](O)CO[C@@H]1CO. The molecule has 4 atom stereocenters. The molecule has 1 aliphatic heterocycles. The third kappa shape index (κ3) is 4.15. The van der Waals surface area contributed by atoms with E-state index in [0.717, 1.165) is 22.3 Å². The van der Waals surface area contributed by atoms with Crippen molar-refractivity contribution in [1.82, 2.24) is 0 Å². The number of aliphatic hydroxyl groups is 4. The van der Waals surface area contributed by atoms with Gasteiger partial charge in [-0.25, -0.2) is 0 Å². The van der Waals surface area contributed by atoms with E-state index in [1.807, 2.05) is 30.3 Å². The van der Waals surface area contributed by atoms with Crippen LogP contribution in [-0.4, -0.2) is 52.0 Å². The monoisotopic (exact) mass is 418 g/mol. The minimum Gasteiger partial charge on any atom is -0.872 e. The van der Waals surface area contributed by atoms with E-state index in [1.54, 1.807) is 6.07 Å². The molecule has 1 aromatic rings. The number of hydrogen-bond donors (Lipinski definition) is 4. The Kier molecular flexibility index (Phi) is 7.22. The van der Waals surface area contributed by atoms with Gasteiger partial charge in [0, 0.05) is 0 Å². The molecular weight excluding hydrogens is 395 g/mol. The molecule has 1 fully saturated rings. The van der Waals surface area contributed by atoms with Gasteiger partial charge in [0.1, 0.15) is 23.9 Å². The van der Waals surface area contributed by atoms with Gasteiger partial charge in [0.2, 0.25) is 0 Å². The fraction of sp³-hybridized carbons (Fsp3) is 0.304. The minimum absolute atomic E-state index is 0. The van der Waals surface area contributed by atoms with Crippen LogP contribution in [0, 0.1) is 0 Å². The Morgan fingerprint density at radius 3 is 2.27 bits per heavy atom. The van der Waals surface area contributed by atoms with Crippen LogP contribution in [0.1, 0.15) is 16.7 Å². The Balaban J connectivity index is 0.00000256. The van der Waals surface area contributed by atoms with E-state index in [1.165, 1.54) is 12.1 Å². The van der Waals surface area contributed by atoms with Gasteiger partial charge in [0.15, 0.2) is 0 Å². The number of benzene rings is 1. The maximum absolute atomic E-state index is 12.5. The van der Waals surface area contributed by atoms with Gasteiger partial charge in [0.05, 0.1) is 13.2 Å². The first kappa shape index (κ1) is 23.2. The number of hydrogen-bond acceptors (Lipinski definition) is 6. The van der Waals surface area contributed by atoms with E-state index in [-0.39, 0.29) is 41.7 Å². The molecule has 1 aromatic carbocycles. The van der Waals surface area contributed by atoms with Gasteiger partial charge in [-0.3, -0.25) is 0 Å². The molecule has 1 heterocycles. The topological polar surface area (TPSA) is 113 Å². The molecule has 0 saturated carbocycles. The fourth-order valence-electron chi connectivity index (χ4n) is 4.06. The van der Waals surface area contributed by atoms with Crippen LogP contribution in [0.5, 0.6) is 5.75 Å². The van der Waals surface area contributed by atoms with Crippen LogP contribution < -0.4 is 34.7 Å². The zero-order valence-corrected chi connectivity index (χ0v) is 18.7. The molecule has 0 radical (unpaired) electrons. The average molecular weight is 418 g/mol. The van der Waals surface area contributed by atoms with Crippen LogP contribution in [0.2, 0.25) is 0 Å². The molecule has 6 nitrogen and oxygen atoms in total. The summed E-state index contributed by atoms with van der Waals surface area (Å²) in [5.74, 6) is -0.494. The van der Waals surface area contributed by atoms with Gasteiger partial charge < -0.3 is 30.3 Å². The van der Waals surface area contributed by atoms with E-state index in [2.05, 4.69) is 12.1 Å². The molecule has 0 unspecified atom stereocenters. The molecule has 4 rings (SSSR count). The summed E-state index contributed by atoms with van der Waals surface area (Å²) in [5, 5.41) is 53.7. The van der Waals surface area contributed by atoms with Gasteiger partial charge in [-0.1, -0.05) is 60.7 Å². The molecule has 2 aliphatic carbocycles. The second kappa shape index (κ2) is 9.34. The van der Waals surface area contributed by atoms with Gasteiger partial charge in [-0.2, -0.15) is 0 Å². The summed E-state index contributed by atoms with van der Waals surface area (Å²) in [6, 6.07) is 18.6. The zero-order valence-electron chi connectivity index (χ0n) is 16.7. The molecule has 0 spiro atoms. The maximum Gasteiger partial charge on any atom is 1.00 e. The number of fused-ring (bicyclic) bond motifs is 1. The van der Waals surface area contributed by atoms with Crippen molar-refractivity contribution < 1.29 is 59.8 Å². The summed E-state index contributed by atoms with van der Waals surface area (Å²) in [6.45, 7) is -0.838. The van der Waals surface area contributed by atoms with E-state index in [0.29, 0.717) is 6.42 Å². The van der Waals surface area contributed by atoms with Crippen LogP contribution in [0.4, 0.5) is 0 Å². The molecule has 0 bridgehead atoms. The fourth-order valence-corrected chi connectivity index (χ4v) is 4.06. The Morgan fingerprint density at radius 1 is 0.967 bits per heavy atom. The summed E-state index contributed by atoms with van der Waals surface area (Å²) in [5.41, 5.74) is 1.71. The second-order valence-electron chi connectivity index (χ2n) is 7.53. The van der Waals surface area contributed by atoms with Crippen molar-refractivity contribution in [2.24, 2.45) is 0 Å². The van der Waals surface area contributed by atoms with Crippen LogP contribution >= 0.6 is 0 Å². The predicted octanol–water partition coefficient (Wildman–Crippen LogP) is -2.24. The summed E-state index contributed by atoms with van der Waals surface area (Å²) >= 11 is 0. The smallest absolute Gasteiger partial charge is 0.872 e. The molecule has 0 amide bonds. The largest absolute Gasteiger partial charge is 1.00 e. The maximum atomic E-state index is 12.5. The van der Waals surface area contributed by atoms with Crippen molar-refractivity contribution >= 4 is 0 Å². The summed E-state index contributed by atoms with van der Waals surface area (Å²) < 4.78 is 5.29. The van der Waals surface area contributed by atoms with Crippen LogP contribution in [0.15, 0.2) is 60.7 Å². The van der Waals surface area contributed by atoms with Crippen molar-refractivity contribution in [2.75, 3.05) is 13.2 Å². The summed E-state index contributed by atoms with van der Waals surface area (Å²) in [6.07, 6.45) is -3.72. The van der Waals surface area contributed by atoms with Crippen LogP contribution in [0.25, 0.3) is 11.1 Å². The van der Waals surface area contributed by atoms with Crippen molar-refractivity contribution in [3.63, 3.8) is 0 Å². The van der Waals surface area contributed by atoms with Crippen molar-refractivity contribution in [1.29, 1.82) is 0 Å². The van der Waals surface area contributed by atoms with Crippen LogP contribution in [-0.2, 0) is 16.8 Å². The van der Waals surface area contributed by atoms with Gasteiger partial charge in [-0.15, -0.1) is 5.75 Å². The Hall–Kier alpha value is -1.48. The predicted molar refractivity (Wildman–Crippen MR) is 104 cm³/mol. The first-order valence-electron chi connectivity index (χ1n) is 9.52. The molecule has 1 saturated heterocycles. The minimum atomic E-state index is -2.20. The van der Waals surface area contributed by atoms with Gasteiger partial charge in [0.25, 0.3) is 0 Å². The normalized spacial score (nSPS) is 26.3. The molecule has 7 heteroatoms. The zero-order chi connectivity index (χ0) is 20.6. The van der Waals surface area contributed by atoms with E-state index in [4.69, 9.17) is 4.74 Å². The van der Waals surface area contributed by atoms with E-state index >= 15 is 0 Å². The molecule has 4 N–H and O–H groups in total. The first-order valence-corrected chi connectivity index (χ1v) is 9.52. The quantitative estimate of drug-likeness (QED) is 0.357. The summed E-state index contributed by atoms with van der Waals surface area (Å²) in [7, 11) is 0. The Labute approximate surface area is 197 Å². The first-order chi connectivity index (χ1) is 13.9. The second-order valence-corrected chi connectivity index (χ2v) is 7.53. The summed E-state index contributed by atoms with van der Waals surface area (Å²) in [4.78, 5) is 0. The van der Waals surface area contributed by atoms with Crippen molar-refractivity contribution in [3.8, 4) is 16.9 Å². The number of aliphatic hydroxyl groups excluding tert-OH is 3. The third-order valence-corrected chi connectivity index (χ3v) is 5.61. The Bertz CT molecular complexity index is 945. The standard InChI is InChI=1S/C23H24O6.Na/c24-12-21-23(28,22(27)20(26)13-29-21)18-11-14(6-7-19(18)25)8-15-9-16-4-2-1-3-5-17(16)10-15;/h1-7,9-11,20-22,24-28H,8,12-13H2;/q;+1/p-1/t20-,21+,22+,23-;/m0./s1. The van der Waals surface area contributed by atoms with Crippen LogP contribution in [0.3, 0.4) is 0 Å². The van der Waals surface area contributed by atoms with Crippen molar-refractivity contribution in [3.05, 3.63) is 77.4 Å². The molecular formula is C23H23NaO6. The molecule has 152 valence electrons. The van der Waals surface area contributed by atoms with E-state index < -0.39 is 36.3 Å². The molecule has 3 aliphatic rings. The van der Waals surface area contributed by atoms with Gasteiger partial charge >= 0.3 is 29.6 Å². The molecule has 0 aromatic heterocycles. The Morgan fingerprint density at radius 2 is 1.63 bits per heavy atom. The number of ether oxygens (including phenoxy) is 1. The number of rotatable bonds is 4. The third-order valence-electron chi connectivity index (χ3n) is 5.61.